The van der Waals surface area contributed by atoms with Crippen molar-refractivity contribution in [1.82, 2.24) is 0 Å². The molecule has 0 saturated heterocycles. The van der Waals surface area contributed by atoms with Crippen LogP contribution in [-0.4, -0.2) is 22.3 Å². The molecule has 0 saturated carbocycles. The van der Waals surface area contributed by atoms with Gasteiger partial charge in [0.15, 0.2) is 0 Å². The minimum atomic E-state index is -0.662. The third-order valence-electron chi connectivity index (χ3n) is 12.3. The smallest absolute Gasteiger partial charge is 0.306 e. The van der Waals surface area contributed by atoms with Gasteiger partial charge < -0.3 is 10.2 Å². The average Bonchev–Trinajstić information content (AvgIpc) is 3.01. The second kappa shape index (κ2) is 31.7. The molecular weight excluding hydrogens is 625 g/mol. The Balaban J connectivity index is 4.04. The van der Waals surface area contributed by atoms with Gasteiger partial charge in [-0.15, -0.1) is 0 Å². The quantitative estimate of drug-likeness (QED) is 0.0634. The van der Waals surface area contributed by atoms with Crippen LogP contribution >= 0.6 is 0 Å². The van der Waals surface area contributed by atoms with E-state index >= 15 is 0 Å². The third kappa shape index (κ3) is 30.5. The van der Waals surface area contributed by atoms with Gasteiger partial charge in [0, 0.05) is 0 Å². The fourth-order valence-electron chi connectivity index (χ4n) is 10.1. The van der Waals surface area contributed by atoms with Crippen molar-refractivity contribution in [3.05, 3.63) is 0 Å². The van der Waals surface area contributed by atoms with Gasteiger partial charge in [0.2, 0.25) is 0 Å². The molecule has 3 nitrogen and oxygen atoms in total. The van der Waals surface area contributed by atoms with E-state index in [2.05, 4.69) is 69.2 Å². The van der Waals surface area contributed by atoms with Gasteiger partial charge in [-0.05, 0) is 117 Å². The molecule has 2 N–H and O–H groups in total. The second-order valence-corrected chi connectivity index (χ2v) is 19.5. The largest absolute Gasteiger partial charge is 0.481 e. The lowest BCUT2D eigenvalue weighted by molar-refractivity contribution is -0.141. The Labute approximate surface area is 322 Å². The maximum absolute atomic E-state index is 11.2. The van der Waals surface area contributed by atoms with E-state index in [1.165, 1.54) is 135 Å². The molecule has 0 aromatic carbocycles. The van der Waals surface area contributed by atoms with Crippen LogP contribution in [0.2, 0.25) is 0 Å². The number of unbranched alkanes of at least 4 members (excludes halogenated alkanes) is 14. The van der Waals surface area contributed by atoms with Crippen molar-refractivity contribution in [2.75, 3.05) is 0 Å². The van der Waals surface area contributed by atoms with E-state index in [1.807, 2.05) is 6.92 Å². The highest BCUT2D eigenvalue weighted by atomic mass is 16.4. The molecule has 0 rings (SSSR count). The van der Waals surface area contributed by atoms with E-state index in [4.69, 9.17) is 0 Å². The summed E-state index contributed by atoms with van der Waals surface area (Å²) in [6.45, 7) is 25.7. The van der Waals surface area contributed by atoms with Gasteiger partial charge >= 0.3 is 5.97 Å². The molecule has 0 aliphatic rings. The number of aliphatic hydroxyl groups excluding tert-OH is 1. The summed E-state index contributed by atoms with van der Waals surface area (Å²) in [4.78, 5) is 11.2. The van der Waals surface area contributed by atoms with Gasteiger partial charge in [0.25, 0.3) is 0 Å². The van der Waals surface area contributed by atoms with Gasteiger partial charge in [-0.2, -0.15) is 0 Å². The van der Waals surface area contributed by atoms with E-state index in [0.717, 1.165) is 55.3 Å². The lowest BCUT2D eigenvalue weighted by Crippen LogP contribution is -2.21. The van der Waals surface area contributed by atoms with E-state index in [-0.39, 0.29) is 12.0 Å². The highest BCUT2D eigenvalue weighted by Gasteiger charge is 2.22. The van der Waals surface area contributed by atoms with Gasteiger partial charge in [0.05, 0.1) is 12.0 Å². The highest BCUT2D eigenvalue weighted by Crippen LogP contribution is 2.32. The lowest BCUT2D eigenvalue weighted by Gasteiger charge is -2.27. The number of hydrogen-bond donors (Lipinski definition) is 2. The van der Waals surface area contributed by atoms with Crippen LogP contribution < -0.4 is 0 Å². The number of carboxylic acids is 1. The zero-order chi connectivity index (χ0) is 38.6. The summed E-state index contributed by atoms with van der Waals surface area (Å²) in [6.07, 6.45) is 32.7. The number of aliphatic carboxylic acids is 1. The molecule has 0 fully saturated rings. The van der Waals surface area contributed by atoms with Gasteiger partial charge in [-0.1, -0.05) is 172 Å². The normalized spacial score (nSPS) is 18.7. The van der Waals surface area contributed by atoms with Gasteiger partial charge in [-0.3, -0.25) is 4.79 Å². The maximum atomic E-state index is 11.2. The molecule has 0 aromatic heterocycles. The van der Waals surface area contributed by atoms with Gasteiger partial charge in [0.1, 0.15) is 0 Å². The number of rotatable bonds is 36. The lowest BCUT2D eigenvalue weighted by atomic mass is 9.79. The first-order valence-electron chi connectivity index (χ1n) is 23.0. The number of hydrogen-bond acceptors (Lipinski definition) is 2. The minimum absolute atomic E-state index is 0.131. The predicted molar refractivity (Wildman–Crippen MR) is 226 cm³/mol. The molecule has 0 aliphatic carbocycles. The fraction of sp³-hybridized carbons (Fsp3) is 0.979. The van der Waals surface area contributed by atoms with Crippen molar-refractivity contribution in [3.63, 3.8) is 0 Å². The molecule has 0 aromatic rings. The van der Waals surface area contributed by atoms with Crippen LogP contribution in [0.1, 0.15) is 237 Å². The Morgan fingerprint density at radius 1 is 0.392 bits per heavy atom. The fourth-order valence-corrected chi connectivity index (χ4v) is 10.1. The highest BCUT2D eigenvalue weighted by molar-refractivity contribution is 5.69. The van der Waals surface area contributed by atoms with Crippen molar-refractivity contribution in [2.45, 2.75) is 243 Å². The van der Waals surface area contributed by atoms with Crippen LogP contribution in [0.3, 0.4) is 0 Å². The van der Waals surface area contributed by atoms with Crippen LogP contribution in [0.4, 0.5) is 0 Å². The number of carbonyl (C=O) groups is 1. The molecule has 1 unspecified atom stereocenters. The molecule has 3 heteroatoms. The molecule has 11 atom stereocenters. The summed E-state index contributed by atoms with van der Waals surface area (Å²) in [5, 5.41) is 20.1. The van der Waals surface area contributed by atoms with Crippen molar-refractivity contribution >= 4 is 5.97 Å². The molecule has 51 heavy (non-hydrogen) atoms. The number of aliphatic hydroxyl groups is 1. The van der Waals surface area contributed by atoms with Crippen LogP contribution in [0.5, 0.6) is 0 Å². The molecular formula is C48H96O3. The monoisotopic (exact) mass is 721 g/mol. The van der Waals surface area contributed by atoms with E-state index < -0.39 is 5.97 Å². The summed E-state index contributed by atoms with van der Waals surface area (Å²) in [5.74, 6) is 5.13. The first-order valence-corrected chi connectivity index (χ1v) is 23.0. The van der Waals surface area contributed by atoms with Gasteiger partial charge in [-0.25, -0.2) is 0 Å². The molecule has 0 bridgehead atoms. The Bertz CT molecular complexity index is 780. The molecule has 306 valence electrons. The van der Waals surface area contributed by atoms with Crippen molar-refractivity contribution in [2.24, 2.45) is 59.2 Å². The molecule has 0 heterocycles. The van der Waals surface area contributed by atoms with Crippen LogP contribution in [-0.2, 0) is 4.79 Å². The Morgan fingerprint density at radius 2 is 0.647 bits per heavy atom. The van der Waals surface area contributed by atoms with Crippen LogP contribution in [0.15, 0.2) is 0 Å². The second-order valence-electron chi connectivity index (χ2n) is 19.5. The van der Waals surface area contributed by atoms with Crippen molar-refractivity contribution in [1.29, 1.82) is 0 Å². The Kier molecular flexibility index (Phi) is 31.4. The summed E-state index contributed by atoms with van der Waals surface area (Å²) >= 11 is 0. The zero-order valence-electron chi connectivity index (χ0n) is 36.8. The summed E-state index contributed by atoms with van der Waals surface area (Å²) in [7, 11) is 0. The van der Waals surface area contributed by atoms with Crippen LogP contribution in [0.25, 0.3) is 0 Å². The summed E-state index contributed by atoms with van der Waals surface area (Å²) in [5.41, 5.74) is 0. The Morgan fingerprint density at radius 3 is 0.941 bits per heavy atom. The zero-order valence-corrected chi connectivity index (χ0v) is 36.8. The molecule has 0 spiro atoms. The van der Waals surface area contributed by atoms with Crippen LogP contribution in [0, 0.1) is 59.2 Å². The predicted octanol–water partition coefficient (Wildman–Crippen LogP) is 15.6. The maximum Gasteiger partial charge on any atom is 0.306 e. The topological polar surface area (TPSA) is 57.5 Å². The Hall–Kier alpha value is -0.570. The van der Waals surface area contributed by atoms with E-state index in [0.29, 0.717) is 23.7 Å². The first kappa shape index (κ1) is 50.4. The average molecular weight is 721 g/mol. The molecule has 0 amide bonds. The third-order valence-corrected chi connectivity index (χ3v) is 12.3. The molecule has 0 aliphatic heterocycles. The minimum Gasteiger partial charge on any atom is -0.481 e. The number of carboxylic acid groups (broad SMARTS) is 1. The van der Waals surface area contributed by atoms with E-state index in [1.54, 1.807) is 0 Å². The first-order chi connectivity index (χ1) is 24.1. The summed E-state index contributed by atoms with van der Waals surface area (Å²) in [6, 6.07) is 0. The standard InChI is InChI=1S/C48H96O3/c1-12-13-14-15-16-17-18-19-20-21-22-23-24-25-26-27-47(49)45(10)35-43(8)33-41(6)31-39(4)29-37(2)28-38(3)30-40(5)32-42(7)34-44(9)36-46(11)48(50)51/h37-47,49H,12-36H2,1-11H3,(H,50,51)/t37-,38+,39-,40+,41-,42+,43-,44+,45-,46+,47?/m1/s1. The van der Waals surface area contributed by atoms with Crippen molar-refractivity contribution < 1.29 is 15.0 Å². The SMILES string of the molecule is CCCCCCCCCCCCCCCCCC(O)[C@H](C)C[C@H](C)C[C@H](C)C[C@H](C)C[C@H](C)C[C@H](C)C[C@H](C)C[C@H](C)C[C@H](C)C[C@H](C)C(=O)O. The summed E-state index contributed by atoms with van der Waals surface area (Å²) < 4.78 is 0. The van der Waals surface area contributed by atoms with Crippen molar-refractivity contribution in [3.8, 4) is 0 Å². The van der Waals surface area contributed by atoms with E-state index in [9.17, 15) is 15.0 Å². The molecule has 0 radical (unpaired) electrons.